The zero-order valence-corrected chi connectivity index (χ0v) is 12.7. The van der Waals surface area contributed by atoms with Crippen molar-refractivity contribution in [3.63, 3.8) is 0 Å². The van der Waals surface area contributed by atoms with Gasteiger partial charge in [-0.25, -0.2) is 9.59 Å². The average Bonchev–Trinajstić information content (AvgIpc) is 2.42. The SMILES string of the molecule is C=CC(OC(=O)OC(C)(C)C)c1ccc(C(=O)OC)cc1. The van der Waals surface area contributed by atoms with E-state index in [0.29, 0.717) is 11.1 Å². The predicted molar refractivity (Wildman–Crippen MR) is 78.0 cm³/mol. The lowest BCUT2D eigenvalue weighted by Gasteiger charge is -2.21. The fourth-order valence-corrected chi connectivity index (χ4v) is 1.56. The number of benzene rings is 1. The van der Waals surface area contributed by atoms with Gasteiger partial charge in [-0.15, -0.1) is 0 Å². The van der Waals surface area contributed by atoms with Crippen LogP contribution in [0, 0.1) is 0 Å². The second kappa shape index (κ2) is 6.92. The minimum Gasteiger partial charge on any atom is -0.465 e. The molecule has 5 heteroatoms. The highest BCUT2D eigenvalue weighted by Gasteiger charge is 2.21. The topological polar surface area (TPSA) is 61.8 Å². The van der Waals surface area contributed by atoms with Crippen molar-refractivity contribution < 1.29 is 23.8 Å². The molecule has 0 aliphatic carbocycles. The van der Waals surface area contributed by atoms with Crippen molar-refractivity contribution in [1.82, 2.24) is 0 Å². The average molecular weight is 292 g/mol. The number of rotatable bonds is 4. The molecular formula is C16H20O5. The van der Waals surface area contributed by atoms with E-state index in [0.717, 1.165) is 0 Å². The molecule has 0 bridgehead atoms. The van der Waals surface area contributed by atoms with E-state index in [1.165, 1.54) is 13.2 Å². The van der Waals surface area contributed by atoms with E-state index in [2.05, 4.69) is 11.3 Å². The van der Waals surface area contributed by atoms with Crippen LogP contribution < -0.4 is 0 Å². The van der Waals surface area contributed by atoms with Gasteiger partial charge in [0.1, 0.15) is 11.7 Å². The number of esters is 1. The van der Waals surface area contributed by atoms with Crippen molar-refractivity contribution in [3.05, 3.63) is 48.0 Å². The summed E-state index contributed by atoms with van der Waals surface area (Å²) in [7, 11) is 1.31. The van der Waals surface area contributed by atoms with Crippen LogP contribution in [0.4, 0.5) is 4.79 Å². The highest BCUT2D eigenvalue weighted by molar-refractivity contribution is 5.89. The second-order valence-corrected chi connectivity index (χ2v) is 5.35. The minimum absolute atomic E-state index is 0.418. The van der Waals surface area contributed by atoms with E-state index in [1.54, 1.807) is 45.0 Å². The van der Waals surface area contributed by atoms with Gasteiger partial charge in [-0.3, -0.25) is 0 Å². The molecule has 1 unspecified atom stereocenters. The minimum atomic E-state index is -0.774. The molecule has 1 aromatic carbocycles. The van der Waals surface area contributed by atoms with E-state index in [-0.39, 0.29) is 0 Å². The molecule has 1 atom stereocenters. The third kappa shape index (κ3) is 5.30. The summed E-state index contributed by atoms with van der Waals surface area (Å²) < 4.78 is 14.9. The third-order valence-corrected chi connectivity index (χ3v) is 2.49. The molecular weight excluding hydrogens is 272 g/mol. The number of carbonyl (C=O) groups is 2. The third-order valence-electron chi connectivity index (χ3n) is 2.49. The summed E-state index contributed by atoms with van der Waals surface area (Å²) in [6.07, 6.45) is 0.0628. The van der Waals surface area contributed by atoms with Gasteiger partial charge in [-0.2, -0.15) is 0 Å². The summed E-state index contributed by atoms with van der Waals surface area (Å²) in [4.78, 5) is 23.0. The smallest absolute Gasteiger partial charge is 0.465 e. The molecule has 5 nitrogen and oxygen atoms in total. The molecule has 0 amide bonds. The van der Waals surface area contributed by atoms with E-state index < -0.39 is 23.8 Å². The van der Waals surface area contributed by atoms with Crippen molar-refractivity contribution in [1.29, 1.82) is 0 Å². The molecule has 0 heterocycles. The summed E-state index contributed by atoms with van der Waals surface area (Å²) in [5, 5.41) is 0. The maximum Gasteiger partial charge on any atom is 0.509 e. The van der Waals surface area contributed by atoms with Crippen molar-refractivity contribution in [2.45, 2.75) is 32.5 Å². The molecule has 0 aromatic heterocycles. The van der Waals surface area contributed by atoms with Crippen molar-refractivity contribution in [2.24, 2.45) is 0 Å². The Hall–Kier alpha value is -2.30. The number of methoxy groups -OCH3 is 1. The normalized spacial score (nSPS) is 12.2. The molecule has 0 saturated carbocycles. The molecule has 114 valence electrons. The van der Waals surface area contributed by atoms with Crippen LogP contribution in [0.25, 0.3) is 0 Å². The Morgan fingerprint density at radius 1 is 1.19 bits per heavy atom. The van der Waals surface area contributed by atoms with Gasteiger partial charge in [-0.05, 0) is 44.5 Å². The Bertz CT molecular complexity index is 510. The first-order valence-electron chi connectivity index (χ1n) is 6.47. The van der Waals surface area contributed by atoms with Crippen LogP contribution in [0.5, 0.6) is 0 Å². The lowest BCUT2D eigenvalue weighted by Crippen LogP contribution is -2.25. The highest BCUT2D eigenvalue weighted by Crippen LogP contribution is 2.21. The molecule has 1 rings (SSSR count). The lowest BCUT2D eigenvalue weighted by atomic mass is 10.1. The van der Waals surface area contributed by atoms with Crippen molar-refractivity contribution in [3.8, 4) is 0 Å². The second-order valence-electron chi connectivity index (χ2n) is 5.35. The van der Waals surface area contributed by atoms with E-state index in [9.17, 15) is 9.59 Å². The Labute approximate surface area is 124 Å². The van der Waals surface area contributed by atoms with Gasteiger partial charge >= 0.3 is 12.1 Å². The molecule has 0 aliphatic rings. The van der Waals surface area contributed by atoms with Crippen LogP contribution in [-0.2, 0) is 14.2 Å². The fourth-order valence-electron chi connectivity index (χ4n) is 1.56. The first-order chi connectivity index (χ1) is 9.76. The summed E-state index contributed by atoms with van der Waals surface area (Å²) >= 11 is 0. The first kappa shape index (κ1) is 16.8. The van der Waals surface area contributed by atoms with Crippen LogP contribution in [-0.4, -0.2) is 24.8 Å². The van der Waals surface area contributed by atoms with Crippen LogP contribution in [0.2, 0.25) is 0 Å². The number of carbonyl (C=O) groups excluding carboxylic acids is 2. The van der Waals surface area contributed by atoms with Crippen LogP contribution in [0.1, 0.15) is 42.8 Å². The lowest BCUT2D eigenvalue weighted by molar-refractivity contribution is -0.0188. The number of hydrogen-bond donors (Lipinski definition) is 0. The number of ether oxygens (including phenoxy) is 3. The standard InChI is InChI=1S/C16H20O5/c1-6-13(20-15(18)21-16(2,3)4)11-7-9-12(10-8-11)14(17)19-5/h6-10,13H,1H2,2-5H3. The van der Waals surface area contributed by atoms with Gasteiger partial charge in [0, 0.05) is 0 Å². The van der Waals surface area contributed by atoms with Crippen LogP contribution in [0.3, 0.4) is 0 Å². The largest absolute Gasteiger partial charge is 0.509 e. The van der Waals surface area contributed by atoms with Crippen LogP contribution in [0.15, 0.2) is 36.9 Å². The summed E-state index contributed by atoms with van der Waals surface area (Å²) in [6, 6.07) is 6.53. The Morgan fingerprint density at radius 2 is 1.76 bits per heavy atom. The first-order valence-corrected chi connectivity index (χ1v) is 6.47. The molecule has 0 spiro atoms. The Balaban J connectivity index is 2.79. The van der Waals surface area contributed by atoms with Crippen molar-refractivity contribution in [2.75, 3.05) is 7.11 Å². The predicted octanol–water partition coefficient (Wildman–Crippen LogP) is 3.65. The summed E-state index contributed by atoms with van der Waals surface area (Å²) in [5.74, 6) is -0.426. The zero-order valence-electron chi connectivity index (χ0n) is 12.7. The molecule has 0 fully saturated rings. The molecule has 0 aliphatic heterocycles. The maximum absolute atomic E-state index is 11.7. The van der Waals surface area contributed by atoms with Crippen molar-refractivity contribution >= 4 is 12.1 Å². The van der Waals surface area contributed by atoms with Gasteiger partial charge in [-0.1, -0.05) is 18.7 Å². The molecule has 0 radical (unpaired) electrons. The molecule has 0 saturated heterocycles. The molecule has 0 N–H and O–H groups in total. The van der Waals surface area contributed by atoms with Crippen LogP contribution >= 0.6 is 0 Å². The van der Waals surface area contributed by atoms with Gasteiger partial charge in [0.25, 0.3) is 0 Å². The van der Waals surface area contributed by atoms with E-state index in [4.69, 9.17) is 9.47 Å². The zero-order chi connectivity index (χ0) is 16.0. The number of hydrogen-bond acceptors (Lipinski definition) is 5. The van der Waals surface area contributed by atoms with E-state index in [1.807, 2.05) is 0 Å². The monoisotopic (exact) mass is 292 g/mol. The Morgan fingerprint density at radius 3 is 2.19 bits per heavy atom. The van der Waals surface area contributed by atoms with E-state index >= 15 is 0 Å². The molecule has 1 aromatic rings. The molecule has 21 heavy (non-hydrogen) atoms. The van der Waals surface area contributed by atoms with Gasteiger partial charge in [0.05, 0.1) is 12.7 Å². The van der Waals surface area contributed by atoms with Gasteiger partial charge < -0.3 is 14.2 Å². The fraction of sp³-hybridized carbons (Fsp3) is 0.375. The summed E-state index contributed by atoms with van der Waals surface area (Å²) in [6.45, 7) is 8.89. The Kier molecular flexibility index (Phi) is 5.52. The summed E-state index contributed by atoms with van der Waals surface area (Å²) in [5.41, 5.74) is 0.474. The quantitative estimate of drug-likeness (QED) is 0.626. The highest BCUT2D eigenvalue weighted by atomic mass is 16.7. The van der Waals surface area contributed by atoms with Gasteiger partial charge in [0.15, 0.2) is 0 Å². The van der Waals surface area contributed by atoms with Gasteiger partial charge in [0.2, 0.25) is 0 Å². The maximum atomic E-state index is 11.7.